The van der Waals surface area contributed by atoms with Gasteiger partial charge in [0.2, 0.25) is 10.0 Å². The predicted octanol–water partition coefficient (Wildman–Crippen LogP) is 4.26. The summed E-state index contributed by atoms with van der Waals surface area (Å²) in [7, 11) is -3.56. The standard InChI is InChI=1S/C22H26BrN3O4S2/c1-15-13-18(9-12-20(15)23)30-14-21(27)25-22(31)24-16-7-10-19(11-8-16)32(28,29)26-17-5-3-2-4-6-17/h7-13,17,26H,2-6,14H2,1H3,(H2,24,25,27,31). The maximum Gasteiger partial charge on any atom is 0.264 e. The molecule has 7 nitrogen and oxygen atoms in total. The lowest BCUT2D eigenvalue weighted by Crippen LogP contribution is -2.37. The van der Waals surface area contributed by atoms with Crippen LogP contribution in [0.25, 0.3) is 0 Å². The van der Waals surface area contributed by atoms with Crippen LogP contribution in [0.5, 0.6) is 5.75 Å². The molecule has 0 heterocycles. The number of amides is 1. The number of ether oxygens (including phenoxy) is 1. The molecule has 0 radical (unpaired) electrons. The molecule has 172 valence electrons. The fourth-order valence-corrected chi connectivity index (χ4v) is 5.19. The highest BCUT2D eigenvalue weighted by Crippen LogP contribution is 2.22. The van der Waals surface area contributed by atoms with Crippen LogP contribution >= 0.6 is 28.1 Å². The van der Waals surface area contributed by atoms with E-state index in [4.69, 9.17) is 17.0 Å². The largest absolute Gasteiger partial charge is 0.484 e. The fourth-order valence-electron chi connectivity index (χ4n) is 3.41. The van der Waals surface area contributed by atoms with Crippen molar-refractivity contribution in [2.45, 2.75) is 50.0 Å². The van der Waals surface area contributed by atoms with E-state index in [1.165, 1.54) is 12.1 Å². The van der Waals surface area contributed by atoms with Crippen LogP contribution in [0.3, 0.4) is 0 Å². The Bertz CT molecular complexity index is 1070. The van der Waals surface area contributed by atoms with Gasteiger partial charge in [-0.05, 0) is 80.0 Å². The first-order valence-electron chi connectivity index (χ1n) is 10.3. The molecule has 1 amide bonds. The van der Waals surface area contributed by atoms with Gasteiger partial charge in [0, 0.05) is 16.2 Å². The lowest BCUT2D eigenvalue weighted by Gasteiger charge is -2.22. The van der Waals surface area contributed by atoms with Crippen LogP contribution in [0.15, 0.2) is 51.8 Å². The van der Waals surface area contributed by atoms with Gasteiger partial charge in [0.1, 0.15) is 5.75 Å². The highest BCUT2D eigenvalue weighted by atomic mass is 79.9. The molecule has 0 bridgehead atoms. The molecule has 0 aromatic heterocycles. The quantitative estimate of drug-likeness (QED) is 0.455. The first-order valence-corrected chi connectivity index (χ1v) is 13.0. The summed E-state index contributed by atoms with van der Waals surface area (Å²) in [5, 5.41) is 5.51. The van der Waals surface area contributed by atoms with Crippen molar-refractivity contribution in [3.63, 3.8) is 0 Å². The van der Waals surface area contributed by atoms with Gasteiger partial charge in [0.05, 0.1) is 4.90 Å². The molecule has 3 N–H and O–H groups in total. The van der Waals surface area contributed by atoms with Crippen molar-refractivity contribution in [1.82, 2.24) is 10.0 Å². The number of rotatable bonds is 7. The van der Waals surface area contributed by atoms with Crippen LogP contribution in [0, 0.1) is 6.92 Å². The normalized spacial score (nSPS) is 14.6. The number of anilines is 1. The molecule has 1 aliphatic rings. The van der Waals surface area contributed by atoms with E-state index in [9.17, 15) is 13.2 Å². The lowest BCUT2D eigenvalue weighted by molar-refractivity contribution is -0.121. The van der Waals surface area contributed by atoms with Crippen molar-refractivity contribution in [1.29, 1.82) is 0 Å². The predicted molar refractivity (Wildman–Crippen MR) is 132 cm³/mol. The van der Waals surface area contributed by atoms with E-state index in [-0.39, 0.29) is 22.7 Å². The van der Waals surface area contributed by atoms with Gasteiger partial charge >= 0.3 is 0 Å². The number of nitrogens with one attached hydrogen (secondary N) is 3. The summed E-state index contributed by atoms with van der Waals surface area (Å²) in [6.45, 7) is 1.74. The number of hydrogen-bond donors (Lipinski definition) is 3. The molecule has 1 aliphatic carbocycles. The molecule has 32 heavy (non-hydrogen) atoms. The molecule has 0 spiro atoms. The number of thiocarbonyl (C=S) groups is 1. The molecule has 0 atom stereocenters. The number of benzene rings is 2. The molecular formula is C22H26BrN3O4S2. The Kier molecular flexibility index (Phi) is 8.64. The highest BCUT2D eigenvalue weighted by molar-refractivity contribution is 9.10. The van der Waals surface area contributed by atoms with Crippen molar-refractivity contribution in [2.75, 3.05) is 11.9 Å². The van der Waals surface area contributed by atoms with Gasteiger partial charge in [-0.1, -0.05) is 35.2 Å². The summed E-state index contributed by atoms with van der Waals surface area (Å²) in [5.41, 5.74) is 1.57. The summed E-state index contributed by atoms with van der Waals surface area (Å²) < 4.78 is 34.4. The summed E-state index contributed by atoms with van der Waals surface area (Å²) >= 11 is 8.57. The van der Waals surface area contributed by atoms with Gasteiger partial charge in [-0.25, -0.2) is 13.1 Å². The van der Waals surface area contributed by atoms with Crippen molar-refractivity contribution < 1.29 is 17.9 Å². The van der Waals surface area contributed by atoms with Crippen LogP contribution in [0.4, 0.5) is 5.69 Å². The van der Waals surface area contributed by atoms with E-state index < -0.39 is 15.9 Å². The number of carbonyl (C=O) groups excluding carboxylic acids is 1. The monoisotopic (exact) mass is 539 g/mol. The molecule has 0 aliphatic heterocycles. The Hall–Kier alpha value is -2.01. The molecule has 0 unspecified atom stereocenters. The van der Waals surface area contributed by atoms with E-state index in [2.05, 4.69) is 31.3 Å². The zero-order valence-electron chi connectivity index (χ0n) is 17.7. The minimum absolute atomic E-state index is 0.00196. The van der Waals surface area contributed by atoms with Crippen molar-refractivity contribution in [2.24, 2.45) is 0 Å². The van der Waals surface area contributed by atoms with Gasteiger partial charge in [-0.2, -0.15) is 0 Å². The number of carbonyl (C=O) groups is 1. The number of hydrogen-bond acceptors (Lipinski definition) is 5. The van der Waals surface area contributed by atoms with Crippen LogP contribution < -0.4 is 20.1 Å². The van der Waals surface area contributed by atoms with Gasteiger partial charge < -0.3 is 10.1 Å². The molecule has 0 saturated heterocycles. The first-order chi connectivity index (χ1) is 15.2. The van der Waals surface area contributed by atoms with E-state index in [0.717, 1.165) is 42.1 Å². The van der Waals surface area contributed by atoms with Gasteiger partial charge in [0.25, 0.3) is 5.91 Å². The minimum Gasteiger partial charge on any atom is -0.484 e. The Morgan fingerprint density at radius 1 is 1.12 bits per heavy atom. The second kappa shape index (κ2) is 11.2. The summed E-state index contributed by atoms with van der Waals surface area (Å²) in [6.07, 6.45) is 5.00. The maximum atomic E-state index is 12.6. The van der Waals surface area contributed by atoms with Gasteiger partial charge in [0.15, 0.2) is 11.7 Å². The Labute approximate surface area is 202 Å². The molecule has 2 aromatic carbocycles. The van der Waals surface area contributed by atoms with Gasteiger partial charge in [-0.15, -0.1) is 0 Å². The summed E-state index contributed by atoms with van der Waals surface area (Å²) in [4.78, 5) is 12.3. The first kappa shape index (κ1) is 24.6. The molecule has 10 heteroatoms. The number of aryl methyl sites for hydroxylation is 1. The smallest absolute Gasteiger partial charge is 0.264 e. The summed E-state index contributed by atoms with van der Waals surface area (Å²) in [5.74, 6) is 0.178. The van der Waals surface area contributed by atoms with E-state index >= 15 is 0 Å². The van der Waals surface area contributed by atoms with Crippen molar-refractivity contribution >= 4 is 54.9 Å². The highest BCUT2D eigenvalue weighted by Gasteiger charge is 2.21. The fraction of sp³-hybridized carbons (Fsp3) is 0.364. The van der Waals surface area contributed by atoms with Crippen LogP contribution in [-0.4, -0.2) is 32.1 Å². The molecular weight excluding hydrogens is 514 g/mol. The number of sulfonamides is 1. The molecule has 2 aromatic rings. The van der Waals surface area contributed by atoms with Crippen LogP contribution in [0.1, 0.15) is 37.7 Å². The average molecular weight is 541 g/mol. The Balaban J connectivity index is 1.48. The van der Waals surface area contributed by atoms with Crippen molar-refractivity contribution in [3.05, 3.63) is 52.5 Å². The zero-order chi connectivity index (χ0) is 23.1. The SMILES string of the molecule is Cc1cc(OCC(=O)NC(=S)Nc2ccc(S(=O)(=O)NC3CCCCC3)cc2)ccc1Br. The van der Waals surface area contributed by atoms with Crippen LogP contribution in [0.2, 0.25) is 0 Å². The minimum atomic E-state index is -3.56. The molecule has 1 fully saturated rings. The maximum absolute atomic E-state index is 12.6. The summed E-state index contributed by atoms with van der Waals surface area (Å²) in [6, 6.07) is 11.7. The van der Waals surface area contributed by atoms with Crippen LogP contribution in [-0.2, 0) is 14.8 Å². The molecule has 1 saturated carbocycles. The third-order valence-corrected chi connectivity index (χ3v) is 7.73. The van der Waals surface area contributed by atoms with E-state index in [1.54, 1.807) is 18.2 Å². The van der Waals surface area contributed by atoms with Gasteiger partial charge in [-0.3, -0.25) is 10.1 Å². The molecule has 3 rings (SSSR count). The third-order valence-electron chi connectivity index (χ3n) is 5.10. The van der Waals surface area contributed by atoms with Crippen molar-refractivity contribution in [3.8, 4) is 5.75 Å². The lowest BCUT2D eigenvalue weighted by atomic mass is 9.96. The topological polar surface area (TPSA) is 96.5 Å². The Morgan fingerprint density at radius 3 is 2.47 bits per heavy atom. The van der Waals surface area contributed by atoms with E-state index in [1.807, 2.05) is 19.1 Å². The Morgan fingerprint density at radius 2 is 1.81 bits per heavy atom. The third kappa shape index (κ3) is 7.26. The second-order valence-electron chi connectivity index (χ2n) is 7.68. The average Bonchev–Trinajstić information content (AvgIpc) is 2.75. The zero-order valence-corrected chi connectivity index (χ0v) is 20.9. The second-order valence-corrected chi connectivity index (χ2v) is 10.7. The van der Waals surface area contributed by atoms with E-state index in [0.29, 0.717) is 11.4 Å². The number of halogens is 1.